The summed E-state index contributed by atoms with van der Waals surface area (Å²) in [4.78, 5) is 12.4. The number of nitrogens with zero attached hydrogens (tertiary/aromatic N) is 1. The van der Waals surface area contributed by atoms with E-state index in [9.17, 15) is 10.1 Å². The van der Waals surface area contributed by atoms with Crippen LogP contribution in [0.3, 0.4) is 0 Å². The van der Waals surface area contributed by atoms with E-state index in [0.717, 1.165) is 21.2 Å². The molecule has 3 aromatic carbocycles. The number of amides is 1. The maximum Gasteiger partial charge on any atom is 0.266 e. The SMILES string of the molecule is Cc1ccc(NC(=O)C(C#N)=Cc2ccc(OCc3ccccc3)c(Br)c2)cc1. The number of aryl methyl sites for hydroxylation is 1. The molecule has 0 saturated heterocycles. The minimum absolute atomic E-state index is 0.0235. The van der Waals surface area contributed by atoms with Gasteiger partial charge in [0, 0.05) is 5.69 Å². The van der Waals surface area contributed by atoms with Gasteiger partial charge in [-0.25, -0.2) is 0 Å². The second-order valence-electron chi connectivity index (χ2n) is 6.45. The third-order valence-electron chi connectivity index (χ3n) is 4.18. The van der Waals surface area contributed by atoms with Gasteiger partial charge in [-0.3, -0.25) is 4.79 Å². The van der Waals surface area contributed by atoms with Crippen molar-refractivity contribution in [3.63, 3.8) is 0 Å². The maximum absolute atomic E-state index is 12.4. The van der Waals surface area contributed by atoms with Crippen LogP contribution in [0.5, 0.6) is 5.75 Å². The summed E-state index contributed by atoms with van der Waals surface area (Å²) in [6.45, 7) is 2.42. The number of hydrogen-bond acceptors (Lipinski definition) is 3. The zero-order valence-corrected chi connectivity index (χ0v) is 17.4. The van der Waals surface area contributed by atoms with Crippen LogP contribution >= 0.6 is 15.9 Å². The summed E-state index contributed by atoms with van der Waals surface area (Å²) in [5, 5.41) is 12.1. The molecule has 5 heteroatoms. The first-order valence-electron chi connectivity index (χ1n) is 9.01. The molecule has 1 amide bonds. The van der Waals surface area contributed by atoms with Gasteiger partial charge in [-0.2, -0.15) is 5.26 Å². The van der Waals surface area contributed by atoms with Crippen LogP contribution in [0.15, 0.2) is 82.8 Å². The fraction of sp³-hybridized carbons (Fsp3) is 0.0833. The molecule has 0 heterocycles. The van der Waals surface area contributed by atoms with Crippen LogP contribution in [0.25, 0.3) is 6.08 Å². The number of hydrogen-bond donors (Lipinski definition) is 1. The lowest BCUT2D eigenvalue weighted by Gasteiger charge is -2.09. The van der Waals surface area contributed by atoms with Gasteiger partial charge in [-0.15, -0.1) is 0 Å². The Morgan fingerprint density at radius 1 is 1.10 bits per heavy atom. The Morgan fingerprint density at radius 2 is 1.83 bits per heavy atom. The second-order valence-corrected chi connectivity index (χ2v) is 7.31. The maximum atomic E-state index is 12.4. The predicted molar refractivity (Wildman–Crippen MR) is 118 cm³/mol. The van der Waals surface area contributed by atoms with Crippen molar-refractivity contribution in [3.05, 3.63) is 99.5 Å². The topological polar surface area (TPSA) is 62.1 Å². The number of benzene rings is 3. The molecule has 144 valence electrons. The highest BCUT2D eigenvalue weighted by molar-refractivity contribution is 9.10. The Hall–Kier alpha value is -3.36. The monoisotopic (exact) mass is 446 g/mol. The average Bonchev–Trinajstić information content (AvgIpc) is 2.73. The van der Waals surface area contributed by atoms with Crippen molar-refractivity contribution >= 4 is 33.6 Å². The minimum atomic E-state index is -0.447. The summed E-state index contributed by atoms with van der Waals surface area (Å²) in [5.74, 6) is 0.241. The summed E-state index contributed by atoms with van der Waals surface area (Å²) in [5.41, 5.74) is 3.56. The molecule has 0 atom stereocenters. The number of halogens is 1. The molecular formula is C24H19BrN2O2. The van der Waals surface area contributed by atoms with Crippen LogP contribution in [0.2, 0.25) is 0 Å². The Bertz CT molecular complexity index is 1070. The molecule has 4 nitrogen and oxygen atoms in total. The number of nitriles is 1. The van der Waals surface area contributed by atoms with Gasteiger partial charge >= 0.3 is 0 Å². The van der Waals surface area contributed by atoms with Crippen molar-refractivity contribution in [2.45, 2.75) is 13.5 Å². The van der Waals surface area contributed by atoms with Gasteiger partial charge in [0.05, 0.1) is 4.47 Å². The number of rotatable bonds is 6. The highest BCUT2D eigenvalue weighted by Gasteiger charge is 2.10. The lowest BCUT2D eigenvalue weighted by molar-refractivity contribution is -0.112. The molecule has 0 radical (unpaired) electrons. The van der Waals surface area contributed by atoms with E-state index in [0.29, 0.717) is 18.0 Å². The molecule has 0 spiro atoms. The molecule has 0 aliphatic heterocycles. The van der Waals surface area contributed by atoms with E-state index >= 15 is 0 Å². The zero-order valence-electron chi connectivity index (χ0n) is 15.9. The molecule has 0 unspecified atom stereocenters. The first kappa shape index (κ1) is 20.4. The van der Waals surface area contributed by atoms with Crippen molar-refractivity contribution in [2.24, 2.45) is 0 Å². The van der Waals surface area contributed by atoms with Crippen molar-refractivity contribution in [3.8, 4) is 11.8 Å². The molecular weight excluding hydrogens is 428 g/mol. The lowest BCUT2D eigenvalue weighted by Crippen LogP contribution is -2.13. The first-order valence-corrected chi connectivity index (χ1v) is 9.80. The summed E-state index contributed by atoms with van der Waals surface area (Å²) in [6, 6.07) is 24.7. The highest BCUT2D eigenvalue weighted by atomic mass is 79.9. The molecule has 3 aromatic rings. The zero-order chi connectivity index (χ0) is 20.6. The minimum Gasteiger partial charge on any atom is -0.488 e. The van der Waals surface area contributed by atoms with Gasteiger partial charge in [-0.05, 0) is 64.3 Å². The van der Waals surface area contributed by atoms with E-state index in [2.05, 4.69) is 21.2 Å². The summed E-state index contributed by atoms with van der Waals surface area (Å²) >= 11 is 3.49. The molecule has 0 saturated carbocycles. The third kappa shape index (κ3) is 5.81. The van der Waals surface area contributed by atoms with E-state index < -0.39 is 5.91 Å². The van der Waals surface area contributed by atoms with Crippen LogP contribution in [0.1, 0.15) is 16.7 Å². The van der Waals surface area contributed by atoms with Gasteiger partial charge in [0.25, 0.3) is 5.91 Å². The Balaban J connectivity index is 1.70. The number of carbonyl (C=O) groups is 1. The summed E-state index contributed by atoms with van der Waals surface area (Å²) in [6.07, 6.45) is 1.55. The van der Waals surface area contributed by atoms with Gasteiger partial charge in [0.2, 0.25) is 0 Å². The smallest absolute Gasteiger partial charge is 0.266 e. The van der Waals surface area contributed by atoms with Crippen molar-refractivity contribution < 1.29 is 9.53 Å². The number of carbonyl (C=O) groups excluding carboxylic acids is 1. The molecule has 0 aliphatic rings. The highest BCUT2D eigenvalue weighted by Crippen LogP contribution is 2.28. The normalized spacial score (nSPS) is 10.9. The fourth-order valence-corrected chi connectivity index (χ4v) is 3.12. The largest absolute Gasteiger partial charge is 0.488 e. The molecule has 0 fully saturated rings. The number of ether oxygens (including phenoxy) is 1. The van der Waals surface area contributed by atoms with Crippen molar-refractivity contribution in [1.29, 1.82) is 5.26 Å². The van der Waals surface area contributed by atoms with Crippen LogP contribution < -0.4 is 10.1 Å². The fourth-order valence-electron chi connectivity index (χ4n) is 2.61. The number of nitrogens with one attached hydrogen (secondary N) is 1. The van der Waals surface area contributed by atoms with E-state index in [4.69, 9.17) is 4.74 Å². The van der Waals surface area contributed by atoms with E-state index in [-0.39, 0.29) is 5.57 Å². The molecule has 1 N–H and O–H groups in total. The summed E-state index contributed by atoms with van der Waals surface area (Å²) in [7, 11) is 0. The van der Waals surface area contributed by atoms with Crippen LogP contribution in [-0.4, -0.2) is 5.91 Å². The quantitative estimate of drug-likeness (QED) is 0.379. The Kier molecular flexibility index (Phi) is 6.83. The summed E-state index contributed by atoms with van der Waals surface area (Å²) < 4.78 is 6.58. The van der Waals surface area contributed by atoms with E-state index in [1.165, 1.54) is 0 Å². The number of anilines is 1. The van der Waals surface area contributed by atoms with Crippen LogP contribution in [-0.2, 0) is 11.4 Å². The molecule has 0 aromatic heterocycles. The van der Waals surface area contributed by atoms with E-state index in [1.54, 1.807) is 18.2 Å². The molecule has 0 aliphatic carbocycles. The van der Waals surface area contributed by atoms with Crippen molar-refractivity contribution in [1.82, 2.24) is 0 Å². The first-order chi connectivity index (χ1) is 14.0. The molecule has 29 heavy (non-hydrogen) atoms. The van der Waals surface area contributed by atoms with E-state index in [1.807, 2.05) is 73.7 Å². The Labute approximate surface area is 178 Å². The third-order valence-corrected chi connectivity index (χ3v) is 4.80. The van der Waals surface area contributed by atoms with Gasteiger partial charge in [-0.1, -0.05) is 54.1 Å². The van der Waals surface area contributed by atoms with Gasteiger partial charge in [0.15, 0.2) is 0 Å². The molecule has 3 rings (SSSR count). The second kappa shape index (κ2) is 9.72. The molecule has 0 bridgehead atoms. The Morgan fingerprint density at radius 3 is 2.48 bits per heavy atom. The standard InChI is InChI=1S/C24H19BrN2O2/c1-17-7-10-21(11-8-17)27-24(28)20(15-26)13-19-9-12-23(22(25)14-19)29-16-18-5-3-2-4-6-18/h2-14H,16H2,1H3,(H,27,28). The van der Waals surface area contributed by atoms with Crippen LogP contribution in [0.4, 0.5) is 5.69 Å². The predicted octanol–water partition coefficient (Wildman–Crippen LogP) is 5.88. The van der Waals surface area contributed by atoms with Gasteiger partial charge in [0.1, 0.15) is 24.0 Å². The lowest BCUT2D eigenvalue weighted by atomic mass is 10.1. The van der Waals surface area contributed by atoms with Crippen LogP contribution in [0, 0.1) is 18.3 Å². The van der Waals surface area contributed by atoms with Gasteiger partial charge < -0.3 is 10.1 Å². The van der Waals surface area contributed by atoms with Crippen molar-refractivity contribution in [2.75, 3.05) is 5.32 Å². The average molecular weight is 447 g/mol.